The van der Waals surface area contributed by atoms with Gasteiger partial charge in [0.1, 0.15) is 0 Å². The predicted molar refractivity (Wildman–Crippen MR) is 89.5 cm³/mol. The molecule has 1 aromatic carbocycles. The zero-order chi connectivity index (χ0) is 15.1. The Hall–Kier alpha value is -0.510. The van der Waals surface area contributed by atoms with Gasteiger partial charge in [-0.2, -0.15) is 0 Å². The summed E-state index contributed by atoms with van der Waals surface area (Å²) < 4.78 is 0. The molecule has 0 saturated heterocycles. The number of fused-ring (bicyclic) bond motifs is 1. The summed E-state index contributed by atoms with van der Waals surface area (Å²) in [6.45, 7) is 4.99. The lowest BCUT2D eigenvalue weighted by Crippen LogP contribution is -2.53. The van der Waals surface area contributed by atoms with Crippen molar-refractivity contribution in [3.05, 3.63) is 29.8 Å². The number of thioether (sulfide) groups is 1. The molecule has 3 unspecified atom stereocenters. The number of hydrogen-bond acceptors (Lipinski definition) is 3. The van der Waals surface area contributed by atoms with Crippen LogP contribution in [0.4, 0.5) is 0 Å². The number of hydrogen-bond donors (Lipinski definition) is 2. The van der Waals surface area contributed by atoms with E-state index in [4.69, 9.17) is 5.73 Å². The van der Waals surface area contributed by atoms with E-state index in [1.807, 2.05) is 11.8 Å². The molecule has 0 spiro atoms. The van der Waals surface area contributed by atoms with Crippen molar-refractivity contribution in [1.29, 1.82) is 0 Å². The van der Waals surface area contributed by atoms with Gasteiger partial charge < -0.3 is 10.8 Å². The highest BCUT2D eigenvalue weighted by Gasteiger charge is 2.49. The average molecular weight is 305 g/mol. The zero-order valence-electron chi connectivity index (χ0n) is 13.1. The van der Waals surface area contributed by atoms with E-state index in [0.717, 1.165) is 25.7 Å². The van der Waals surface area contributed by atoms with E-state index in [1.54, 1.807) is 0 Å². The van der Waals surface area contributed by atoms with Crippen molar-refractivity contribution in [2.75, 3.05) is 6.54 Å². The lowest BCUT2D eigenvalue weighted by Gasteiger charge is -2.50. The van der Waals surface area contributed by atoms with Crippen molar-refractivity contribution in [3.63, 3.8) is 0 Å². The molecule has 0 radical (unpaired) electrons. The smallest absolute Gasteiger partial charge is 0.0659 e. The molecule has 21 heavy (non-hydrogen) atoms. The van der Waals surface area contributed by atoms with E-state index >= 15 is 0 Å². The van der Waals surface area contributed by atoms with E-state index in [2.05, 4.69) is 38.1 Å². The molecule has 0 bridgehead atoms. The largest absolute Gasteiger partial charge is 0.392 e. The topological polar surface area (TPSA) is 46.2 Å². The van der Waals surface area contributed by atoms with Gasteiger partial charge in [0, 0.05) is 22.1 Å². The fourth-order valence-corrected chi connectivity index (χ4v) is 5.83. The molecule has 1 saturated carbocycles. The highest BCUT2D eigenvalue weighted by atomic mass is 32.2. The number of aliphatic hydroxyl groups is 1. The Morgan fingerprint density at radius 3 is 2.76 bits per heavy atom. The standard InChI is InChI=1S/C18H27NOS/c1-17(2)8-5-9-18(12-19,16(17)20)11-14-10-13-6-3-4-7-15(13)21-14/h3-4,6-7,14,16,20H,5,8-12,19H2,1-2H3. The van der Waals surface area contributed by atoms with Crippen LogP contribution in [0.1, 0.15) is 45.1 Å². The summed E-state index contributed by atoms with van der Waals surface area (Å²) in [4.78, 5) is 1.42. The second-order valence-corrected chi connectivity index (χ2v) is 8.91. The van der Waals surface area contributed by atoms with Crippen LogP contribution < -0.4 is 5.73 Å². The fraction of sp³-hybridized carbons (Fsp3) is 0.667. The van der Waals surface area contributed by atoms with E-state index in [-0.39, 0.29) is 16.9 Å². The van der Waals surface area contributed by atoms with Gasteiger partial charge in [-0.1, -0.05) is 38.5 Å². The van der Waals surface area contributed by atoms with Gasteiger partial charge in [-0.15, -0.1) is 11.8 Å². The SMILES string of the molecule is CC1(C)CCCC(CN)(CC2Cc3ccccc3S2)C1O. The number of aliphatic hydroxyl groups excluding tert-OH is 1. The minimum atomic E-state index is -0.284. The monoisotopic (exact) mass is 305 g/mol. The molecule has 1 heterocycles. The van der Waals surface area contributed by atoms with Crippen LogP contribution in [0.25, 0.3) is 0 Å². The fourth-order valence-electron chi connectivity index (χ4n) is 4.33. The Balaban J connectivity index is 1.77. The van der Waals surface area contributed by atoms with Crippen LogP contribution in [-0.2, 0) is 6.42 Å². The van der Waals surface area contributed by atoms with Crippen LogP contribution in [0.2, 0.25) is 0 Å². The first-order valence-corrected chi connectivity index (χ1v) is 8.97. The van der Waals surface area contributed by atoms with Gasteiger partial charge >= 0.3 is 0 Å². The maximum absolute atomic E-state index is 10.9. The predicted octanol–water partition coefficient (Wildman–Crippen LogP) is 3.61. The Labute approximate surface area is 132 Å². The van der Waals surface area contributed by atoms with Crippen LogP contribution in [0.3, 0.4) is 0 Å². The van der Waals surface area contributed by atoms with Crippen molar-refractivity contribution in [3.8, 4) is 0 Å². The first kappa shape index (κ1) is 15.4. The molecular weight excluding hydrogens is 278 g/mol. The molecule has 2 nitrogen and oxygen atoms in total. The second-order valence-electron chi connectivity index (χ2n) is 7.57. The number of benzene rings is 1. The second kappa shape index (κ2) is 5.60. The third-order valence-corrected chi connectivity index (χ3v) is 6.89. The van der Waals surface area contributed by atoms with Gasteiger partial charge in [0.15, 0.2) is 0 Å². The molecule has 3 N–H and O–H groups in total. The molecule has 3 atom stereocenters. The Morgan fingerprint density at radius 2 is 2.05 bits per heavy atom. The van der Waals surface area contributed by atoms with Crippen molar-refractivity contribution >= 4 is 11.8 Å². The zero-order valence-corrected chi connectivity index (χ0v) is 14.0. The van der Waals surface area contributed by atoms with Gasteiger partial charge in [-0.3, -0.25) is 0 Å². The van der Waals surface area contributed by atoms with Crippen LogP contribution in [0.5, 0.6) is 0 Å². The van der Waals surface area contributed by atoms with Gasteiger partial charge in [0.05, 0.1) is 6.10 Å². The first-order chi connectivity index (χ1) is 9.97. The lowest BCUT2D eigenvalue weighted by molar-refractivity contribution is -0.0923. The van der Waals surface area contributed by atoms with Crippen molar-refractivity contribution in [2.45, 2.75) is 62.2 Å². The van der Waals surface area contributed by atoms with Gasteiger partial charge in [-0.05, 0) is 42.7 Å². The van der Waals surface area contributed by atoms with Crippen LogP contribution >= 0.6 is 11.8 Å². The summed E-state index contributed by atoms with van der Waals surface area (Å²) in [5, 5.41) is 11.5. The third-order valence-electron chi connectivity index (χ3n) is 5.57. The Kier molecular flexibility index (Phi) is 4.10. The van der Waals surface area contributed by atoms with Gasteiger partial charge in [-0.25, -0.2) is 0 Å². The molecule has 1 aliphatic heterocycles. The molecule has 116 valence electrons. The molecule has 3 heteroatoms. The molecule has 0 amide bonds. The average Bonchev–Trinajstić information content (AvgIpc) is 2.86. The summed E-state index contributed by atoms with van der Waals surface area (Å²) in [6.07, 6.45) is 5.23. The highest BCUT2D eigenvalue weighted by Crippen LogP contribution is 2.51. The van der Waals surface area contributed by atoms with Crippen molar-refractivity contribution in [1.82, 2.24) is 0 Å². The normalized spacial score (nSPS) is 34.7. The number of nitrogens with two attached hydrogens (primary N) is 1. The highest BCUT2D eigenvalue weighted by molar-refractivity contribution is 8.00. The summed E-state index contributed by atoms with van der Waals surface area (Å²) in [7, 11) is 0. The molecule has 2 aliphatic rings. The Morgan fingerprint density at radius 1 is 1.29 bits per heavy atom. The summed E-state index contributed by atoms with van der Waals surface area (Å²) >= 11 is 1.98. The molecule has 1 aromatic rings. The molecule has 0 aromatic heterocycles. The van der Waals surface area contributed by atoms with E-state index < -0.39 is 0 Å². The third kappa shape index (κ3) is 2.76. The van der Waals surface area contributed by atoms with Gasteiger partial charge in [0.2, 0.25) is 0 Å². The molecule has 3 rings (SSSR count). The van der Waals surface area contributed by atoms with Crippen LogP contribution in [0, 0.1) is 10.8 Å². The van der Waals surface area contributed by atoms with Gasteiger partial charge in [0.25, 0.3) is 0 Å². The maximum Gasteiger partial charge on any atom is 0.0659 e. The number of rotatable bonds is 3. The van der Waals surface area contributed by atoms with Crippen molar-refractivity contribution in [2.24, 2.45) is 16.6 Å². The minimum Gasteiger partial charge on any atom is -0.392 e. The van der Waals surface area contributed by atoms with E-state index in [9.17, 15) is 5.11 Å². The maximum atomic E-state index is 10.9. The molecule has 1 fully saturated rings. The minimum absolute atomic E-state index is 0.00621. The van der Waals surface area contributed by atoms with Crippen LogP contribution in [0.15, 0.2) is 29.2 Å². The lowest BCUT2D eigenvalue weighted by atomic mass is 9.59. The van der Waals surface area contributed by atoms with Crippen molar-refractivity contribution < 1.29 is 5.11 Å². The first-order valence-electron chi connectivity index (χ1n) is 8.10. The van der Waals surface area contributed by atoms with E-state index in [0.29, 0.717) is 11.8 Å². The van der Waals surface area contributed by atoms with E-state index in [1.165, 1.54) is 16.9 Å². The Bertz CT molecular complexity index is 491. The molecule has 1 aliphatic carbocycles. The summed E-state index contributed by atoms with van der Waals surface area (Å²) in [5.74, 6) is 0. The van der Waals surface area contributed by atoms with Crippen LogP contribution in [-0.4, -0.2) is 23.0 Å². The summed E-state index contributed by atoms with van der Waals surface area (Å²) in [6, 6.07) is 8.69. The quantitative estimate of drug-likeness (QED) is 0.897. The molecular formula is C18H27NOS. The summed E-state index contributed by atoms with van der Waals surface area (Å²) in [5.41, 5.74) is 7.52.